The number of fused-ring (bicyclic) bond motifs is 1. The Hall–Kier alpha value is -2.14. The van der Waals surface area contributed by atoms with E-state index >= 15 is 0 Å². The van der Waals surface area contributed by atoms with Gasteiger partial charge in [0.05, 0.1) is 28.1 Å². The number of aromatic carboxylic acids is 1. The van der Waals surface area contributed by atoms with Gasteiger partial charge < -0.3 is 5.11 Å². The molecule has 1 N–H and O–H groups in total. The summed E-state index contributed by atoms with van der Waals surface area (Å²) in [5.74, 6) is -2.49. The largest absolute Gasteiger partial charge is 0.478 e. The first-order chi connectivity index (χ1) is 10.4. The van der Waals surface area contributed by atoms with Crippen molar-refractivity contribution in [3.05, 3.63) is 40.9 Å². The van der Waals surface area contributed by atoms with E-state index in [4.69, 9.17) is 16.7 Å². The van der Waals surface area contributed by atoms with Gasteiger partial charge in [-0.3, -0.25) is 14.5 Å². The number of carboxylic acid groups (broad SMARTS) is 1. The number of carbonyl (C=O) groups excluding carboxylic acids is 2. The fourth-order valence-corrected chi connectivity index (χ4v) is 3.42. The van der Waals surface area contributed by atoms with Crippen LogP contribution < -0.4 is 4.90 Å². The smallest absolute Gasteiger partial charge is 0.337 e. The zero-order chi connectivity index (χ0) is 16.0. The third kappa shape index (κ3) is 2.13. The molecule has 1 aliphatic carbocycles. The number of nitrogens with zero attached hydrogens (tertiary/aromatic N) is 1. The van der Waals surface area contributed by atoms with Gasteiger partial charge in [-0.2, -0.15) is 0 Å². The van der Waals surface area contributed by atoms with E-state index in [1.807, 2.05) is 19.1 Å². The molecule has 114 valence electrons. The Morgan fingerprint density at radius 3 is 2.68 bits per heavy atom. The molecule has 1 heterocycles. The van der Waals surface area contributed by atoms with Crippen molar-refractivity contribution in [3.63, 3.8) is 0 Å². The van der Waals surface area contributed by atoms with Gasteiger partial charge >= 0.3 is 5.97 Å². The third-order valence-electron chi connectivity index (χ3n) is 4.31. The van der Waals surface area contributed by atoms with Gasteiger partial charge in [0, 0.05) is 0 Å². The number of hydrogen-bond acceptors (Lipinski definition) is 3. The van der Waals surface area contributed by atoms with Crippen LogP contribution in [0.5, 0.6) is 0 Å². The molecule has 22 heavy (non-hydrogen) atoms. The van der Waals surface area contributed by atoms with Gasteiger partial charge in [-0.05, 0) is 30.5 Å². The zero-order valence-electron chi connectivity index (χ0n) is 11.8. The number of benzene rings is 1. The van der Waals surface area contributed by atoms with Crippen LogP contribution in [0.25, 0.3) is 0 Å². The minimum absolute atomic E-state index is 0.00792. The Labute approximate surface area is 132 Å². The van der Waals surface area contributed by atoms with Gasteiger partial charge in [-0.25, -0.2) is 4.79 Å². The molecule has 2 amide bonds. The summed E-state index contributed by atoms with van der Waals surface area (Å²) in [4.78, 5) is 37.4. The Bertz CT molecular complexity index is 712. The molecule has 1 aromatic carbocycles. The van der Waals surface area contributed by atoms with E-state index in [2.05, 4.69) is 0 Å². The van der Waals surface area contributed by atoms with Gasteiger partial charge in [-0.1, -0.05) is 30.7 Å². The molecule has 1 saturated heterocycles. The molecule has 1 aromatic rings. The van der Waals surface area contributed by atoms with Crippen LogP contribution in [0.3, 0.4) is 0 Å². The topological polar surface area (TPSA) is 74.7 Å². The van der Waals surface area contributed by atoms with Crippen LogP contribution in [0, 0.1) is 17.8 Å². The SMILES string of the molecule is C[C@@H]1C=CC[C@@H]2C(=O)N(c3ccc(Cl)c(C(=O)O)c3)C(=O)[C@H]12. The van der Waals surface area contributed by atoms with Gasteiger partial charge in [0.15, 0.2) is 0 Å². The number of carbonyl (C=O) groups is 3. The van der Waals surface area contributed by atoms with E-state index < -0.39 is 5.97 Å². The second kappa shape index (κ2) is 5.25. The lowest BCUT2D eigenvalue weighted by molar-refractivity contribution is -0.122. The summed E-state index contributed by atoms with van der Waals surface area (Å²) < 4.78 is 0. The molecule has 2 aliphatic rings. The fraction of sp³-hybridized carbons (Fsp3) is 0.312. The molecule has 1 fully saturated rings. The first-order valence-corrected chi connectivity index (χ1v) is 7.37. The van der Waals surface area contributed by atoms with Crippen LogP contribution in [-0.4, -0.2) is 22.9 Å². The van der Waals surface area contributed by atoms with Crippen LogP contribution in [0.4, 0.5) is 5.69 Å². The average molecular weight is 320 g/mol. The fourth-order valence-electron chi connectivity index (χ4n) is 3.22. The predicted octanol–water partition coefficient (Wildman–Crippen LogP) is 2.74. The molecule has 5 nitrogen and oxygen atoms in total. The molecule has 0 radical (unpaired) electrons. The van der Waals surface area contributed by atoms with Crippen molar-refractivity contribution in [3.8, 4) is 0 Å². The second-order valence-electron chi connectivity index (χ2n) is 5.64. The highest BCUT2D eigenvalue weighted by atomic mass is 35.5. The minimum Gasteiger partial charge on any atom is -0.478 e. The van der Waals surface area contributed by atoms with Gasteiger partial charge in [0.25, 0.3) is 0 Å². The third-order valence-corrected chi connectivity index (χ3v) is 4.64. The van der Waals surface area contributed by atoms with Crippen LogP contribution >= 0.6 is 11.6 Å². The quantitative estimate of drug-likeness (QED) is 0.672. The number of hydrogen-bond donors (Lipinski definition) is 1. The molecule has 3 rings (SSSR count). The van der Waals surface area contributed by atoms with Crippen LogP contribution in [0.1, 0.15) is 23.7 Å². The molecule has 1 aliphatic heterocycles. The standard InChI is InChI=1S/C16H14ClNO4/c1-8-3-2-4-10-13(8)15(20)18(14(10)19)9-5-6-12(17)11(7-9)16(21)22/h2-3,5-8,10,13H,4H2,1H3,(H,21,22)/t8-,10+,13-/m1/s1. The molecule has 0 bridgehead atoms. The molecule has 3 atom stereocenters. The highest BCUT2D eigenvalue weighted by Gasteiger charge is 2.50. The van der Waals surface area contributed by atoms with Crippen LogP contribution in [0.2, 0.25) is 5.02 Å². The van der Waals surface area contributed by atoms with Crippen molar-refractivity contribution in [1.29, 1.82) is 0 Å². The van der Waals surface area contributed by atoms with Crippen LogP contribution in [0.15, 0.2) is 30.4 Å². The van der Waals surface area contributed by atoms with E-state index in [9.17, 15) is 14.4 Å². The summed E-state index contributed by atoms with van der Waals surface area (Å²) in [6.07, 6.45) is 4.40. The normalized spacial score (nSPS) is 27.2. The van der Waals surface area contributed by atoms with Crippen molar-refractivity contribution in [2.24, 2.45) is 17.8 Å². The van der Waals surface area contributed by atoms with E-state index in [1.165, 1.54) is 18.2 Å². The van der Waals surface area contributed by atoms with Crippen molar-refractivity contribution in [2.45, 2.75) is 13.3 Å². The minimum atomic E-state index is -1.20. The number of anilines is 1. The van der Waals surface area contributed by atoms with E-state index in [-0.39, 0.29) is 45.8 Å². The highest BCUT2D eigenvalue weighted by molar-refractivity contribution is 6.34. The van der Waals surface area contributed by atoms with E-state index in [1.54, 1.807) is 0 Å². The molecule has 0 aromatic heterocycles. The van der Waals surface area contributed by atoms with Gasteiger partial charge in [0.2, 0.25) is 11.8 Å². The molecule has 0 unspecified atom stereocenters. The predicted molar refractivity (Wildman–Crippen MR) is 80.8 cm³/mol. The summed E-state index contributed by atoms with van der Waals surface area (Å²) in [7, 11) is 0. The summed E-state index contributed by atoms with van der Waals surface area (Å²) in [5, 5.41) is 9.20. The Morgan fingerprint density at radius 1 is 1.32 bits per heavy atom. The number of rotatable bonds is 2. The second-order valence-corrected chi connectivity index (χ2v) is 6.04. The first kappa shape index (κ1) is 14.8. The zero-order valence-corrected chi connectivity index (χ0v) is 12.6. The number of carboxylic acids is 1. The maximum atomic E-state index is 12.6. The Balaban J connectivity index is 2.03. The van der Waals surface area contributed by atoms with Crippen molar-refractivity contribution < 1.29 is 19.5 Å². The number of amides is 2. The maximum absolute atomic E-state index is 12.6. The lowest BCUT2D eigenvalue weighted by Gasteiger charge is -2.22. The van der Waals surface area contributed by atoms with Crippen molar-refractivity contribution in [2.75, 3.05) is 4.90 Å². The molecular formula is C16H14ClNO4. The van der Waals surface area contributed by atoms with E-state index in [0.29, 0.717) is 6.42 Å². The average Bonchev–Trinajstić information content (AvgIpc) is 2.73. The Kier molecular flexibility index (Phi) is 3.53. The molecular weight excluding hydrogens is 306 g/mol. The lowest BCUT2D eigenvalue weighted by atomic mass is 9.78. The molecule has 0 saturated carbocycles. The molecule has 6 heteroatoms. The summed E-state index contributed by atoms with van der Waals surface area (Å²) in [6.45, 7) is 1.91. The number of imide groups is 1. The van der Waals surface area contributed by atoms with Crippen molar-refractivity contribution >= 4 is 35.1 Å². The number of halogens is 1. The van der Waals surface area contributed by atoms with Gasteiger partial charge in [0.1, 0.15) is 0 Å². The lowest BCUT2D eigenvalue weighted by Crippen LogP contribution is -2.31. The van der Waals surface area contributed by atoms with E-state index in [0.717, 1.165) is 4.90 Å². The summed E-state index contributed by atoms with van der Waals surface area (Å²) >= 11 is 5.84. The monoisotopic (exact) mass is 319 g/mol. The summed E-state index contributed by atoms with van der Waals surface area (Å²) in [6, 6.07) is 4.17. The Morgan fingerprint density at radius 2 is 2.05 bits per heavy atom. The van der Waals surface area contributed by atoms with Crippen molar-refractivity contribution in [1.82, 2.24) is 0 Å². The maximum Gasteiger partial charge on any atom is 0.337 e. The summed E-state index contributed by atoms with van der Waals surface area (Å²) in [5.41, 5.74) is 0.138. The van der Waals surface area contributed by atoms with Gasteiger partial charge in [-0.15, -0.1) is 0 Å². The highest BCUT2D eigenvalue weighted by Crippen LogP contribution is 2.40. The van der Waals surface area contributed by atoms with Crippen LogP contribution in [-0.2, 0) is 9.59 Å². The molecule has 0 spiro atoms. The first-order valence-electron chi connectivity index (χ1n) is 6.99. The number of allylic oxidation sites excluding steroid dienone is 2.